The van der Waals surface area contributed by atoms with Crippen LogP contribution in [0, 0.1) is 0 Å². The quantitative estimate of drug-likeness (QED) is 0.846. The number of anilines is 1. The molecule has 0 aromatic carbocycles. The summed E-state index contributed by atoms with van der Waals surface area (Å²) < 4.78 is 5.85. The highest BCUT2D eigenvalue weighted by molar-refractivity contribution is 6.31. The molecule has 1 heterocycles. The smallest absolute Gasteiger partial charge is 0.126 e. The first kappa shape index (κ1) is 13.6. The standard InChI is InChI=1S/C14H21ClN2O/c1-2-9-16-14-8-7-12(15)13(17-14)10-18-11-5-3-4-6-11/h7-8,11H,2-6,9-10H2,1H3,(H,16,17). The van der Waals surface area contributed by atoms with Crippen LogP contribution >= 0.6 is 11.6 Å². The van der Waals surface area contributed by atoms with Gasteiger partial charge in [-0.3, -0.25) is 0 Å². The van der Waals surface area contributed by atoms with Crippen LogP contribution in [-0.4, -0.2) is 17.6 Å². The maximum atomic E-state index is 6.15. The summed E-state index contributed by atoms with van der Waals surface area (Å²) in [5.41, 5.74) is 0.838. The number of hydrogen-bond donors (Lipinski definition) is 1. The Kier molecular flexibility index (Phi) is 5.26. The van der Waals surface area contributed by atoms with E-state index in [0.29, 0.717) is 17.7 Å². The predicted molar refractivity (Wildman–Crippen MR) is 75.1 cm³/mol. The van der Waals surface area contributed by atoms with Crippen LogP contribution in [-0.2, 0) is 11.3 Å². The number of rotatable bonds is 6. The molecule has 1 aromatic heterocycles. The highest BCUT2D eigenvalue weighted by atomic mass is 35.5. The molecule has 1 saturated carbocycles. The SMILES string of the molecule is CCCNc1ccc(Cl)c(COC2CCCC2)n1. The number of hydrogen-bond acceptors (Lipinski definition) is 3. The lowest BCUT2D eigenvalue weighted by Gasteiger charge is -2.12. The zero-order valence-corrected chi connectivity index (χ0v) is 11.7. The Morgan fingerprint density at radius 1 is 1.39 bits per heavy atom. The van der Waals surface area contributed by atoms with Crippen LogP contribution < -0.4 is 5.32 Å². The minimum absolute atomic E-state index is 0.398. The van der Waals surface area contributed by atoms with Crippen molar-refractivity contribution in [3.05, 3.63) is 22.8 Å². The van der Waals surface area contributed by atoms with Gasteiger partial charge in [-0.05, 0) is 31.4 Å². The molecule has 18 heavy (non-hydrogen) atoms. The number of nitrogens with zero attached hydrogens (tertiary/aromatic N) is 1. The van der Waals surface area contributed by atoms with Crippen molar-refractivity contribution in [2.24, 2.45) is 0 Å². The summed E-state index contributed by atoms with van der Waals surface area (Å²) in [6.45, 7) is 3.58. The van der Waals surface area contributed by atoms with Crippen molar-refractivity contribution in [1.82, 2.24) is 4.98 Å². The lowest BCUT2D eigenvalue weighted by molar-refractivity contribution is 0.0439. The molecular formula is C14H21ClN2O. The van der Waals surface area contributed by atoms with Gasteiger partial charge in [-0.2, -0.15) is 0 Å². The van der Waals surface area contributed by atoms with Gasteiger partial charge >= 0.3 is 0 Å². The van der Waals surface area contributed by atoms with Crippen LogP contribution in [0.25, 0.3) is 0 Å². The van der Waals surface area contributed by atoms with Gasteiger partial charge in [0.25, 0.3) is 0 Å². The number of ether oxygens (including phenoxy) is 1. The van der Waals surface area contributed by atoms with E-state index in [0.717, 1.165) is 24.5 Å². The summed E-state index contributed by atoms with van der Waals surface area (Å²) in [6, 6.07) is 3.80. The van der Waals surface area contributed by atoms with Gasteiger partial charge in [0.1, 0.15) is 5.82 Å². The first-order chi connectivity index (χ1) is 8.79. The van der Waals surface area contributed by atoms with Gasteiger partial charge in [-0.25, -0.2) is 4.98 Å². The molecule has 1 fully saturated rings. The monoisotopic (exact) mass is 268 g/mol. The third kappa shape index (κ3) is 3.85. The average Bonchev–Trinajstić information content (AvgIpc) is 2.89. The van der Waals surface area contributed by atoms with Crippen LogP contribution in [0.15, 0.2) is 12.1 Å². The second-order valence-corrected chi connectivity index (χ2v) is 5.18. The van der Waals surface area contributed by atoms with Crippen LogP contribution in [0.2, 0.25) is 5.02 Å². The summed E-state index contributed by atoms with van der Waals surface area (Å²) in [6.07, 6.45) is 6.39. The molecule has 0 bridgehead atoms. The molecule has 1 aliphatic carbocycles. The van der Waals surface area contributed by atoms with Gasteiger partial charge in [0, 0.05) is 6.54 Å². The number of nitrogens with one attached hydrogen (secondary N) is 1. The topological polar surface area (TPSA) is 34.1 Å². The van der Waals surface area contributed by atoms with Crippen molar-refractivity contribution < 1.29 is 4.74 Å². The van der Waals surface area contributed by atoms with E-state index in [1.165, 1.54) is 25.7 Å². The Morgan fingerprint density at radius 3 is 2.89 bits per heavy atom. The zero-order chi connectivity index (χ0) is 12.8. The Bertz CT molecular complexity index is 378. The third-order valence-corrected chi connectivity index (χ3v) is 3.58. The Balaban J connectivity index is 1.92. The first-order valence-corrected chi connectivity index (χ1v) is 7.18. The van der Waals surface area contributed by atoms with Crippen LogP contribution in [0.5, 0.6) is 0 Å². The predicted octanol–water partition coefficient (Wildman–Crippen LogP) is 4.02. The average molecular weight is 269 g/mol. The van der Waals surface area contributed by atoms with E-state index < -0.39 is 0 Å². The lowest BCUT2D eigenvalue weighted by atomic mass is 10.3. The highest BCUT2D eigenvalue weighted by Gasteiger charge is 2.16. The van der Waals surface area contributed by atoms with E-state index in [1.54, 1.807) is 0 Å². The fourth-order valence-corrected chi connectivity index (χ4v) is 2.35. The van der Waals surface area contributed by atoms with E-state index in [9.17, 15) is 0 Å². The molecule has 0 aliphatic heterocycles. The molecule has 0 atom stereocenters. The Labute approximate surface area is 114 Å². The van der Waals surface area contributed by atoms with Crippen molar-refractivity contribution in [2.45, 2.75) is 51.7 Å². The highest BCUT2D eigenvalue weighted by Crippen LogP contribution is 2.24. The number of aromatic nitrogens is 1. The molecule has 3 nitrogen and oxygen atoms in total. The van der Waals surface area contributed by atoms with Gasteiger partial charge in [0.05, 0.1) is 23.4 Å². The molecule has 100 valence electrons. The molecule has 1 N–H and O–H groups in total. The van der Waals surface area contributed by atoms with E-state index in [-0.39, 0.29) is 0 Å². The lowest BCUT2D eigenvalue weighted by Crippen LogP contribution is -2.09. The minimum atomic E-state index is 0.398. The second kappa shape index (κ2) is 6.95. The van der Waals surface area contributed by atoms with Gasteiger partial charge < -0.3 is 10.1 Å². The number of pyridine rings is 1. The summed E-state index contributed by atoms with van der Waals surface area (Å²) in [5.74, 6) is 0.881. The second-order valence-electron chi connectivity index (χ2n) is 4.77. The molecule has 0 unspecified atom stereocenters. The number of halogens is 1. The molecular weight excluding hydrogens is 248 g/mol. The fourth-order valence-electron chi connectivity index (χ4n) is 2.19. The fraction of sp³-hybridized carbons (Fsp3) is 0.643. The van der Waals surface area contributed by atoms with Crippen LogP contribution in [0.3, 0.4) is 0 Å². The van der Waals surface area contributed by atoms with E-state index in [4.69, 9.17) is 16.3 Å². The van der Waals surface area contributed by atoms with Crippen molar-refractivity contribution in [1.29, 1.82) is 0 Å². The minimum Gasteiger partial charge on any atom is -0.372 e. The van der Waals surface area contributed by atoms with Crippen molar-refractivity contribution in [2.75, 3.05) is 11.9 Å². The molecule has 0 spiro atoms. The normalized spacial score (nSPS) is 16.1. The molecule has 2 rings (SSSR count). The van der Waals surface area contributed by atoms with Crippen molar-refractivity contribution in [3.63, 3.8) is 0 Å². The van der Waals surface area contributed by atoms with Crippen LogP contribution in [0.4, 0.5) is 5.82 Å². The molecule has 0 saturated heterocycles. The van der Waals surface area contributed by atoms with Crippen molar-refractivity contribution >= 4 is 17.4 Å². The molecule has 4 heteroatoms. The molecule has 1 aromatic rings. The van der Waals surface area contributed by atoms with Gasteiger partial charge in [-0.15, -0.1) is 0 Å². The summed E-state index contributed by atoms with van der Waals surface area (Å²) in [7, 11) is 0. The van der Waals surface area contributed by atoms with E-state index >= 15 is 0 Å². The van der Waals surface area contributed by atoms with Crippen molar-refractivity contribution in [3.8, 4) is 0 Å². The zero-order valence-electron chi connectivity index (χ0n) is 10.9. The van der Waals surface area contributed by atoms with E-state index in [1.807, 2.05) is 12.1 Å². The molecule has 1 aliphatic rings. The summed E-state index contributed by atoms with van der Waals surface area (Å²) in [4.78, 5) is 4.50. The first-order valence-electron chi connectivity index (χ1n) is 6.80. The maximum absolute atomic E-state index is 6.15. The Morgan fingerprint density at radius 2 is 2.17 bits per heavy atom. The van der Waals surface area contributed by atoms with Gasteiger partial charge in [0.15, 0.2) is 0 Å². The maximum Gasteiger partial charge on any atom is 0.126 e. The van der Waals surface area contributed by atoms with E-state index in [2.05, 4.69) is 17.2 Å². The molecule has 0 radical (unpaired) electrons. The Hall–Kier alpha value is -0.800. The third-order valence-electron chi connectivity index (χ3n) is 3.23. The largest absolute Gasteiger partial charge is 0.372 e. The summed E-state index contributed by atoms with van der Waals surface area (Å²) >= 11 is 6.15. The summed E-state index contributed by atoms with van der Waals surface area (Å²) in [5, 5.41) is 3.95. The van der Waals surface area contributed by atoms with Gasteiger partial charge in [0.2, 0.25) is 0 Å². The van der Waals surface area contributed by atoms with Crippen LogP contribution in [0.1, 0.15) is 44.7 Å². The van der Waals surface area contributed by atoms with Gasteiger partial charge in [-0.1, -0.05) is 31.4 Å². The molecule has 0 amide bonds.